The van der Waals surface area contributed by atoms with Crippen LogP contribution in [0.3, 0.4) is 0 Å². The maximum atomic E-state index is 11.9. The zero-order valence-electron chi connectivity index (χ0n) is 24.7. The Labute approximate surface area is 240 Å². The monoisotopic (exact) mass is 600 g/mol. The molecule has 1 aromatic carbocycles. The summed E-state index contributed by atoms with van der Waals surface area (Å²) in [4.78, 5) is 0. The number of hydrogen-bond acceptors (Lipinski definition) is 6. The Bertz CT molecular complexity index is 752. The SMILES string of the molecule is CCCCOCC1O[C@H]([C@H](O)c2c(C)cc(Br)cc2C)C(OCCCC)[C@@H](OCCCC)[C@@H]1OCCCC. The number of rotatable bonds is 19. The number of hydrogen-bond donors (Lipinski definition) is 1. The van der Waals surface area contributed by atoms with Gasteiger partial charge in [-0.25, -0.2) is 0 Å². The smallest absolute Gasteiger partial charge is 0.117 e. The molecule has 6 atom stereocenters. The molecule has 0 aliphatic carbocycles. The van der Waals surface area contributed by atoms with Gasteiger partial charge in [-0.1, -0.05) is 69.3 Å². The van der Waals surface area contributed by atoms with Crippen LogP contribution < -0.4 is 0 Å². The van der Waals surface area contributed by atoms with Gasteiger partial charge in [-0.05, 0) is 68.4 Å². The quantitative estimate of drug-likeness (QED) is 0.169. The van der Waals surface area contributed by atoms with Crippen molar-refractivity contribution in [3.05, 3.63) is 33.3 Å². The Kier molecular flexibility index (Phi) is 16.6. The van der Waals surface area contributed by atoms with Crippen molar-refractivity contribution in [3.63, 3.8) is 0 Å². The Morgan fingerprint density at radius 3 is 1.76 bits per heavy atom. The van der Waals surface area contributed by atoms with Crippen LogP contribution in [0.5, 0.6) is 0 Å². The van der Waals surface area contributed by atoms with Crippen molar-refractivity contribution in [2.75, 3.05) is 33.0 Å². The lowest BCUT2D eigenvalue weighted by Crippen LogP contribution is -2.62. The van der Waals surface area contributed by atoms with Crippen LogP contribution in [0.15, 0.2) is 16.6 Å². The van der Waals surface area contributed by atoms with Gasteiger partial charge in [-0.3, -0.25) is 0 Å². The van der Waals surface area contributed by atoms with Gasteiger partial charge in [0.15, 0.2) is 0 Å². The van der Waals surface area contributed by atoms with Crippen molar-refractivity contribution in [1.29, 1.82) is 0 Å². The van der Waals surface area contributed by atoms with E-state index in [1.54, 1.807) is 0 Å². The number of halogens is 1. The zero-order chi connectivity index (χ0) is 27.9. The maximum absolute atomic E-state index is 11.9. The third-order valence-corrected chi connectivity index (χ3v) is 7.64. The first-order valence-electron chi connectivity index (χ1n) is 14.9. The first-order valence-corrected chi connectivity index (χ1v) is 15.7. The van der Waals surface area contributed by atoms with E-state index in [9.17, 15) is 5.11 Å². The second kappa shape index (κ2) is 18.7. The van der Waals surface area contributed by atoms with Gasteiger partial charge >= 0.3 is 0 Å². The largest absolute Gasteiger partial charge is 0.386 e. The molecule has 1 N–H and O–H groups in total. The molecular weight excluding hydrogens is 548 g/mol. The molecule has 0 saturated carbocycles. The molecule has 220 valence electrons. The predicted molar refractivity (Wildman–Crippen MR) is 157 cm³/mol. The van der Waals surface area contributed by atoms with E-state index in [4.69, 9.17) is 23.7 Å². The average Bonchev–Trinajstić information content (AvgIpc) is 2.88. The molecule has 2 rings (SSSR count). The van der Waals surface area contributed by atoms with Crippen LogP contribution in [-0.4, -0.2) is 68.7 Å². The van der Waals surface area contributed by atoms with Crippen molar-refractivity contribution in [1.82, 2.24) is 0 Å². The minimum atomic E-state index is -0.873. The first kappa shape index (κ1) is 33.7. The highest BCUT2D eigenvalue weighted by atomic mass is 79.9. The molecule has 2 unspecified atom stereocenters. The normalized spacial score (nSPS) is 24.6. The van der Waals surface area contributed by atoms with E-state index >= 15 is 0 Å². The molecule has 0 spiro atoms. The molecule has 1 heterocycles. The number of unbranched alkanes of at least 4 members (excludes halogenated alkanes) is 4. The van der Waals surface area contributed by atoms with E-state index in [1.165, 1.54) is 0 Å². The van der Waals surface area contributed by atoms with Gasteiger partial charge in [0.05, 0.1) is 6.61 Å². The molecule has 0 amide bonds. The third-order valence-electron chi connectivity index (χ3n) is 7.18. The number of aliphatic hydroxyl groups excluding tert-OH is 1. The van der Waals surface area contributed by atoms with E-state index in [0.717, 1.165) is 72.5 Å². The highest BCUT2D eigenvalue weighted by Crippen LogP contribution is 2.38. The lowest BCUT2D eigenvalue weighted by atomic mass is 9.86. The third kappa shape index (κ3) is 10.1. The second-order valence-electron chi connectivity index (χ2n) is 10.5. The Hall–Kier alpha value is -0.540. The average molecular weight is 602 g/mol. The Morgan fingerprint density at radius 1 is 0.763 bits per heavy atom. The van der Waals surface area contributed by atoms with E-state index < -0.39 is 18.3 Å². The van der Waals surface area contributed by atoms with Gasteiger partial charge in [0.1, 0.15) is 36.6 Å². The van der Waals surface area contributed by atoms with Crippen LogP contribution in [0.1, 0.15) is 102 Å². The van der Waals surface area contributed by atoms with Crippen LogP contribution in [0.25, 0.3) is 0 Å². The molecule has 1 saturated heterocycles. The van der Waals surface area contributed by atoms with Crippen molar-refractivity contribution >= 4 is 15.9 Å². The molecular formula is C31H53BrO6. The van der Waals surface area contributed by atoms with Crippen LogP contribution in [0.2, 0.25) is 0 Å². The van der Waals surface area contributed by atoms with Crippen LogP contribution in [0.4, 0.5) is 0 Å². The maximum Gasteiger partial charge on any atom is 0.117 e. The van der Waals surface area contributed by atoms with Gasteiger partial charge < -0.3 is 28.8 Å². The van der Waals surface area contributed by atoms with Crippen molar-refractivity contribution in [2.24, 2.45) is 0 Å². The predicted octanol–water partition coefficient (Wildman–Crippen LogP) is 7.24. The molecule has 0 radical (unpaired) electrons. The van der Waals surface area contributed by atoms with E-state index in [0.29, 0.717) is 33.0 Å². The van der Waals surface area contributed by atoms with Crippen molar-refractivity contribution in [2.45, 2.75) is 130 Å². The summed E-state index contributed by atoms with van der Waals surface area (Å²) in [6.07, 6.45) is 5.03. The fraction of sp³-hybridized carbons (Fsp3) is 0.806. The van der Waals surface area contributed by atoms with Gasteiger partial charge in [-0.15, -0.1) is 0 Å². The fourth-order valence-electron chi connectivity index (χ4n) is 5.00. The molecule has 1 fully saturated rings. The van der Waals surface area contributed by atoms with Crippen molar-refractivity contribution in [3.8, 4) is 0 Å². The van der Waals surface area contributed by atoms with Crippen LogP contribution in [0, 0.1) is 13.8 Å². The Morgan fingerprint density at radius 2 is 1.24 bits per heavy atom. The van der Waals surface area contributed by atoms with Crippen molar-refractivity contribution < 1.29 is 28.8 Å². The van der Waals surface area contributed by atoms with E-state index in [1.807, 2.05) is 26.0 Å². The molecule has 6 nitrogen and oxygen atoms in total. The second-order valence-corrected chi connectivity index (χ2v) is 11.4. The van der Waals surface area contributed by atoms with E-state index in [-0.39, 0.29) is 18.3 Å². The summed E-state index contributed by atoms with van der Waals surface area (Å²) >= 11 is 3.59. The molecule has 0 aromatic heterocycles. The standard InChI is InChI=1S/C31H53BrO6/c1-7-11-15-34-21-25-28(35-16-12-8-2)30(36-17-13-9-3)31(37-18-14-10-4)29(38-25)27(33)26-22(5)19-24(32)20-23(26)6/h19-20,25,27-31,33H,7-18,21H2,1-6H3/t25?,27-,28-,29-,30+,31?/m1/s1. The summed E-state index contributed by atoms with van der Waals surface area (Å²) in [5.74, 6) is 0. The molecule has 0 bridgehead atoms. The minimum absolute atomic E-state index is 0.331. The number of aliphatic hydroxyl groups is 1. The number of benzene rings is 1. The lowest BCUT2D eigenvalue weighted by Gasteiger charge is -2.48. The molecule has 1 aromatic rings. The van der Waals surface area contributed by atoms with Gasteiger partial charge in [-0.2, -0.15) is 0 Å². The number of aryl methyl sites for hydroxylation is 2. The number of ether oxygens (including phenoxy) is 5. The summed E-state index contributed by atoms with van der Waals surface area (Å²) in [7, 11) is 0. The summed E-state index contributed by atoms with van der Waals surface area (Å²) in [6, 6.07) is 4.08. The molecule has 7 heteroatoms. The van der Waals surface area contributed by atoms with Crippen LogP contribution in [-0.2, 0) is 23.7 Å². The zero-order valence-corrected chi connectivity index (χ0v) is 26.3. The van der Waals surface area contributed by atoms with Gasteiger partial charge in [0.2, 0.25) is 0 Å². The summed E-state index contributed by atoms with van der Waals surface area (Å²) in [5.41, 5.74) is 2.91. The molecule has 1 aliphatic rings. The first-order chi connectivity index (χ1) is 18.4. The topological polar surface area (TPSA) is 66.4 Å². The molecule has 1 aliphatic heterocycles. The minimum Gasteiger partial charge on any atom is -0.386 e. The highest BCUT2D eigenvalue weighted by Gasteiger charge is 2.51. The summed E-state index contributed by atoms with van der Waals surface area (Å²) in [6.45, 7) is 15.6. The summed E-state index contributed by atoms with van der Waals surface area (Å²) in [5, 5.41) is 11.9. The molecule has 38 heavy (non-hydrogen) atoms. The highest BCUT2D eigenvalue weighted by molar-refractivity contribution is 9.10. The summed E-state index contributed by atoms with van der Waals surface area (Å²) < 4.78 is 33.3. The Balaban J connectivity index is 2.47. The fourth-order valence-corrected chi connectivity index (χ4v) is 5.69. The van der Waals surface area contributed by atoms with Gasteiger partial charge in [0, 0.05) is 30.9 Å². The van der Waals surface area contributed by atoms with Gasteiger partial charge in [0.25, 0.3) is 0 Å². The van der Waals surface area contributed by atoms with E-state index in [2.05, 4.69) is 43.6 Å². The van der Waals surface area contributed by atoms with Crippen LogP contribution >= 0.6 is 15.9 Å². The lowest BCUT2D eigenvalue weighted by molar-refractivity contribution is -0.281.